The molecule has 1 amide bonds. The molecule has 3 rings (SSSR count). The number of likely N-dealkylation sites (tertiary alicyclic amines) is 1. The summed E-state index contributed by atoms with van der Waals surface area (Å²) in [5.41, 5.74) is 0.503. The van der Waals surface area contributed by atoms with E-state index in [1.165, 1.54) is 51.4 Å². The smallest absolute Gasteiger partial charge is 0.239 e. The van der Waals surface area contributed by atoms with Crippen LogP contribution in [0.5, 0.6) is 0 Å². The summed E-state index contributed by atoms with van der Waals surface area (Å²) < 4.78 is 0. The number of hydrogen-bond donors (Lipinski definition) is 1. The highest BCUT2D eigenvalue weighted by Crippen LogP contribution is 2.43. The average Bonchev–Trinajstić information content (AvgIpc) is 2.83. The van der Waals surface area contributed by atoms with E-state index in [1.807, 2.05) is 0 Å². The topological polar surface area (TPSA) is 32.3 Å². The molecule has 2 saturated heterocycles. The Balaban J connectivity index is 0.00000133. The molecule has 3 fully saturated rings. The van der Waals surface area contributed by atoms with Crippen LogP contribution in [0.2, 0.25) is 0 Å². The minimum Gasteiger partial charge on any atom is -0.341 e. The van der Waals surface area contributed by atoms with Crippen molar-refractivity contribution in [3.63, 3.8) is 0 Å². The number of nitrogens with zero attached hydrogens (tertiary/aromatic N) is 1. The van der Waals surface area contributed by atoms with Crippen LogP contribution in [0.15, 0.2) is 0 Å². The first kappa shape index (κ1) is 15.1. The highest BCUT2D eigenvalue weighted by Gasteiger charge is 2.41. The Labute approximate surface area is 122 Å². The van der Waals surface area contributed by atoms with Gasteiger partial charge < -0.3 is 10.2 Å². The summed E-state index contributed by atoms with van der Waals surface area (Å²) in [5, 5.41) is 3.40. The number of rotatable bonds is 1. The number of amides is 1. The van der Waals surface area contributed by atoms with Crippen LogP contribution >= 0.6 is 12.4 Å². The molecule has 2 aliphatic heterocycles. The fourth-order valence-corrected chi connectivity index (χ4v) is 4.12. The van der Waals surface area contributed by atoms with Crippen molar-refractivity contribution in [3.8, 4) is 0 Å². The van der Waals surface area contributed by atoms with Gasteiger partial charge in [-0.05, 0) is 44.1 Å². The van der Waals surface area contributed by atoms with E-state index in [9.17, 15) is 4.79 Å². The fraction of sp³-hybridized carbons (Fsp3) is 0.933. The molecule has 1 saturated carbocycles. The first-order chi connectivity index (χ1) is 8.79. The number of hydrogen-bond acceptors (Lipinski definition) is 2. The van der Waals surface area contributed by atoms with Crippen molar-refractivity contribution < 1.29 is 4.79 Å². The van der Waals surface area contributed by atoms with Crippen molar-refractivity contribution in [2.75, 3.05) is 19.6 Å². The first-order valence-corrected chi connectivity index (χ1v) is 7.81. The lowest BCUT2D eigenvalue weighted by Gasteiger charge is -2.34. The summed E-state index contributed by atoms with van der Waals surface area (Å²) >= 11 is 0. The van der Waals surface area contributed by atoms with E-state index >= 15 is 0 Å². The lowest BCUT2D eigenvalue weighted by molar-refractivity contribution is -0.133. The Bertz CT molecular complexity index is 309. The summed E-state index contributed by atoms with van der Waals surface area (Å²) in [6, 6.07) is 0.123. The molecule has 2 heterocycles. The van der Waals surface area contributed by atoms with Crippen LogP contribution in [0.4, 0.5) is 0 Å². The number of carbonyl (C=O) groups excluding carboxylic acids is 1. The molecule has 4 heteroatoms. The molecule has 1 unspecified atom stereocenters. The molecular formula is C15H27ClN2O. The van der Waals surface area contributed by atoms with E-state index in [0.29, 0.717) is 11.3 Å². The lowest BCUT2D eigenvalue weighted by Crippen LogP contribution is -2.48. The number of piperidine rings is 1. The summed E-state index contributed by atoms with van der Waals surface area (Å²) in [4.78, 5) is 14.7. The summed E-state index contributed by atoms with van der Waals surface area (Å²) in [6.45, 7) is 3.08. The van der Waals surface area contributed by atoms with E-state index in [-0.39, 0.29) is 18.4 Å². The van der Waals surface area contributed by atoms with Gasteiger partial charge in [0, 0.05) is 13.1 Å². The van der Waals surface area contributed by atoms with Gasteiger partial charge in [-0.1, -0.05) is 25.7 Å². The van der Waals surface area contributed by atoms with Crippen molar-refractivity contribution in [2.45, 2.75) is 63.8 Å². The van der Waals surface area contributed by atoms with Gasteiger partial charge in [0.05, 0.1) is 6.04 Å². The van der Waals surface area contributed by atoms with Gasteiger partial charge in [-0.25, -0.2) is 0 Å². The maximum Gasteiger partial charge on any atom is 0.239 e. The molecule has 0 aromatic carbocycles. The molecule has 1 atom stereocenters. The monoisotopic (exact) mass is 286 g/mol. The van der Waals surface area contributed by atoms with E-state index in [0.717, 1.165) is 26.1 Å². The van der Waals surface area contributed by atoms with Crippen LogP contribution in [0.1, 0.15) is 57.8 Å². The Kier molecular flexibility index (Phi) is 5.13. The van der Waals surface area contributed by atoms with Crippen LogP contribution in [0.3, 0.4) is 0 Å². The van der Waals surface area contributed by atoms with Crippen LogP contribution in [-0.4, -0.2) is 36.5 Å². The van der Waals surface area contributed by atoms with Gasteiger partial charge in [0.25, 0.3) is 0 Å². The molecule has 1 aliphatic carbocycles. The van der Waals surface area contributed by atoms with Gasteiger partial charge in [0.2, 0.25) is 5.91 Å². The Morgan fingerprint density at radius 1 is 1.05 bits per heavy atom. The molecule has 0 aromatic rings. The second-order valence-corrected chi connectivity index (χ2v) is 6.57. The maximum absolute atomic E-state index is 12.5. The number of halogens is 1. The Morgan fingerprint density at radius 3 is 2.53 bits per heavy atom. The first-order valence-electron chi connectivity index (χ1n) is 7.81. The zero-order valence-electron chi connectivity index (χ0n) is 11.8. The third-order valence-corrected chi connectivity index (χ3v) is 5.27. The fourth-order valence-electron chi connectivity index (χ4n) is 4.12. The second kappa shape index (κ2) is 6.45. The highest BCUT2D eigenvalue weighted by atomic mass is 35.5. The van der Waals surface area contributed by atoms with Gasteiger partial charge in [0.15, 0.2) is 0 Å². The quantitative estimate of drug-likeness (QED) is 0.804. The SMILES string of the molecule is Cl.O=C(C1CCCCN1)N1CCC2(CCCCC2)C1. The molecule has 0 radical (unpaired) electrons. The second-order valence-electron chi connectivity index (χ2n) is 6.57. The van der Waals surface area contributed by atoms with E-state index in [2.05, 4.69) is 10.2 Å². The summed E-state index contributed by atoms with van der Waals surface area (Å²) in [6.07, 6.45) is 11.6. The molecule has 3 nitrogen and oxygen atoms in total. The highest BCUT2D eigenvalue weighted by molar-refractivity contribution is 5.85. The van der Waals surface area contributed by atoms with Crippen LogP contribution in [0, 0.1) is 5.41 Å². The zero-order chi connectivity index (χ0) is 12.4. The molecule has 3 aliphatic rings. The van der Waals surface area contributed by atoms with E-state index in [4.69, 9.17) is 0 Å². The van der Waals surface area contributed by atoms with Gasteiger partial charge in [0.1, 0.15) is 0 Å². The van der Waals surface area contributed by atoms with Crippen LogP contribution < -0.4 is 5.32 Å². The van der Waals surface area contributed by atoms with Gasteiger partial charge in [-0.3, -0.25) is 4.79 Å². The van der Waals surface area contributed by atoms with E-state index in [1.54, 1.807) is 0 Å². The van der Waals surface area contributed by atoms with Crippen LogP contribution in [0.25, 0.3) is 0 Å². The van der Waals surface area contributed by atoms with Crippen molar-refractivity contribution in [2.24, 2.45) is 5.41 Å². The zero-order valence-corrected chi connectivity index (χ0v) is 12.6. The lowest BCUT2D eigenvalue weighted by atomic mass is 9.73. The minimum atomic E-state index is 0. The minimum absolute atomic E-state index is 0. The third kappa shape index (κ3) is 3.25. The van der Waals surface area contributed by atoms with Gasteiger partial charge in [-0.2, -0.15) is 0 Å². The molecule has 0 bridgehead atoms. The standard InChI is InChI=1S/C15H26N2O.ClH/c18-14(13-6-2-5-10-16-13)17-11-9-15(12-17)7-3-1-4-8-15;/h13,16H,1-12H2;1H. The molecular weight excluding hydrogens is 260 g/mol. The molecule has 1 spiro atoms. The Morgan fingerprint density at radius 2 is 1.84 bits per heavy atom. The average molecular weight is 287 g/mol. The molecule has 110 valence electrons. The predicted octanol–water partition coefficient (Wildman–Crippen LogP) is 2.73. The Hall–Kier alpha value is -0.280. The normalized spacial score (nSPS) is 30.1. The molecule has 19 heavy (non-hydrogen) atoms. The number of carbonyl (C=O) groups is 1. The van der Waals surface area contributed by atoms with Crippen molar-refractivity contribution in [3.05, 3.63) is 0 Å². The summed E-state index contributed by atoms with van der Waals surface area (Å²) in [5.74, 6) is 0.386. The van der Waals surface area contributed by atoms with Gasteiger partial charge >= 0.3 is 0 Å². The van der Waals surface area contributed by atoms with E-state index < -0.39 is 0 Å². The predicted molar refractivity (Wildman–Crippen MR) is 79.6 cm³/mol. The maximum atomic E-state index is 12.5. The molecule has 1 N–H and O–H groups in total. The largest absolute Gasteiger partial charge is 0.341 e. The van der Waals surface area contributed by atoms with Crippen molar-refractivity contribution in [1.29, 1.82) is 0 Å². The van der Waals surface area contributed by atoms with Gasteiger partial charge in [-0.15, -0.1) is 12.4 Å². The summed E-state index contributed by atoms with van der Waals surface area (Å²) in [7, 11) is 0. The van der Waals surface area contributed by atoms with Crippen molar-refractivity contribution >= 4 is 18.3 Å². The molecule has 0 aromatic heterocycles. The number of nitrogens with one attached hydrogen (secondary N) is 1. The third-order valence-electron chi connectivity index (χ3n) is 5.27. The van der Waals surface area contributed by atoms with Crippen molar-refractivity contribution in [1.82, 2.24) is 10.2 Å². The van der Waals surface area contributed by atoms with Crippen LogP contribution in [-0.2, 0) is 4.79 Å².